The summed E-state index contributed by atoms with van der Waals surface area (Å²) in [7, 11) is 0. The highest BCUT2D eigenvalue weighted by molar-refractivity contribution is 5.73. The third kappa shape index (κ3) is 3.03. The van der Waals surface area contributed by atoms with Crippen molar-refractivity contribution in [2.75, 3.05) is 6.54 Å². The van der Waals surface area contributed by atoms with Gasteiger partial charge in [-0.1, -0.05) is 0 Å². The Morgan fingerprint density at radius 3 is 2.88 bits per heavy atom. The number of carboxylic acids is 1. The zero-order chi connectivity index (χ0) is 12.2. The van der Waals surface area contributed by atoms with Gasteiger partial charge in [-0.25, -0.2) is 0 Å². The van der Waals surface area contributed by atoms with Crippen LogP contribution in [-0.2, 0) is 17.9 Å². The first-order valence-electron chi connectivity index (χ1n) is 5.28. The first kappa shape index (κ1) is 12.6. The molecule has 1 heterocycles. The fourth-order valence-electron chi connectivity index (χ4n) is 1.24. The Hall–Kier alpha value is -1.43. The molecule has 0 unspecified atom stereocenters. The van der Waals surface area contributed by atoms with Crippen LogP contribution >= 0.6 is 0 Å². The van der Waals surface area contributed by atoms with E-state index in [1.807, 2.05) is 11.5 Å². The molecule has 0 radical (unpaired) electrons. The lowest BCUT2D eigenvalue weighted by atomic mass is 9.94. The Labute approximate surface area is 94.7 Å². The molecular formula is C10H18N4O2. The summed E-state index contributed by atoms with van der Waals surface area (Å²) in [5, 5.41) is 19.8. The fraction of sp³-hybridized carbons (Fsp3) is 0.700. The van der Waals surface area contributed by atoms with E-state index in [2.05, 4.69) is 15.5 Å². The van der Waals surface area contributed by atoms with Crippen molar-refractivity contribution in [1.82, 2.24) is 20.1 Å². The minimum atomic E-state index is -0.808. The fourth-order valence-corrected chi connectivity index (χ4v) is 1.24. The molecule has 0 saturated heterocycles. The monoisotopic (exact) mass is 226 g/mol. The zero-order valence-electron chi connectivity index (χ0n) is 9.90. The van der Waals surface area contributed by atoms with Crippen molar-refractivity contribution in [3.8, 4) is 0 Å². The molecule has 1 aromatic heterocycles. The molecule has 0 aliphatic carbocycles. The second-order valence-electron chi connectivity index (χ2n) is 4.33. The number of nitrogens with one attached hydrogen (secondary N) is 1. The van der Waals surface area contributed by atoms with Crippen LogP contribution < -0.4 is 5.32 Å². The van der Waals surface area contributed by atoms with E-state index < -0.39 is 11.4 Å². The molecule has 6 nitrogen and oxygen atoms in total. The van der Waals surface area contributed by atoms with Gasteiger partial charge in [-0.05, 0) is 20.8 Å². The third-order valence-corrected chi connectivity index (χ3v) is 2.47. The summed E-state index contributed by atoms with van der Waals surface area (Å²) in [6, 6.07) is 0. The lowest BCUT2D eigenvalue weighted by Crippen LogP contribution is -2.36. The van der Waals surface area contributed by atoms with E-state index in [1.54, 1.807) is 20.2 Å². The van der Waals surface area contributed by atoms with Crippen molar-refractivity contribution in [1.29, 1.82) is 0 Å². The maximum absolute atomic E-state index is 10.9. The maximum Gasteiger partial charge on any atom is 0.310 e. The summed E-state index contributed by atoms with van der Waals surface area (Å²) in [5.41, 5.74) is -0.767. The van der Waals surface area contributed by atoms with Crippen LogP contribution in [0.5, 0.6) is 0 Å². The SMILES string of the molecule is CCn1cnnc1CNCC(C)(C)C(=O)O. The molecule has 0 saturated carbocycles. The Morgan fingerprint density at radius 2 is 2.31 bits per heavy atom. The van der Waals surface area contributed by atoms with E-state index in [1.165, 1.54) is 0 Å². The minimum Gasteiger partial charge on any atom is -0.481 e. The molecule has 0 bridgehead atoms. The Kier molecular flexibility index (Phi) is 4.00. The van der Waals surface area contributed by atoms with E-state index in [-0.39, 0.29) is 0 Å². The molecule has 0 amide bonds. The summed E-state index contributed by atoms with van der Waals surface area (Å²) in [5.74, 6) is 0.0145. The van der Waals surface area contributed by atoms with E-state index in [9.17, 15) is 4.79 Å². The molecule has 0 aliphatic rings. The molecule has 1 rings (SSSR count). The highest BCUT2D eigenvalue weighted by Gasteiger charge is 2.26. The molecule has 6 heteroatoms. The van der Waals surface area contributed by atoms with E-state index >= 15 is 0 Å². The number of aliphatic carboxylic acids is 1. The summed E-state index contributed by atoms with van der Waals surface area (Å²) < 4.78 is 1.92. The molecule has 0 aliphatic heterocycles. The van der Waals surface area contributed by atoms with E-state index in [4.69, 9.17) is 5.11 Å². The molecule has 2 N–H and O–H groups in total. The van der Waals surface area contributed by atoms with Crippen LogP contribution in [0, 0.1) is 5.41 Å². The van der Waals surface area contributed by atoms with E-state index in [0.717, 1.165) is 12.4 Å². The van der Waals surface area contributed by atoms with Gasteiger partial charge in [0, 0.05) is 13.1 Å². The average Bonchev–Trinajstić information content (AvgIpc) is 2.64. The first-order chi connectivity index (χ1) is 7.47. The lowest BCUT2D eigenvalue weighted by Gasteiger charge is -2.19. The number of rotatable bonds is 6. The summed E-state index contributed by atoms with van der Waals surface area (Å²) in [6.07, 6.45) is 1.67. The van der Waals surface area contributed by atoms with Gasteiger partial charge in [0.15, 0.2) is 0 Å². The normalized spacial score (nSPS) is 11.7. The van der Waals surface area contributed by atoms with Gasteiger partial charge in [0.1, 0.15) is 12.2 Å². The Balaban J connectivity index is 2.44. The number of aromatic nitrogens is 3. The number of hydrogen-bond acceptors (Lipinski definition) is 4. The maximum atomic E-state index is 10.9. The summed E-state index contributed by atoms with van der Waals surface area (Å²) in [6.45, 7) is 7.13. The van der Waals surface area contributed by atoms with Crippen LogP contribution in [0.2, 0.25) is 0 Å². The van der Waals surface area contributed by atoms with Crippen LogP contribution in [-0.4, -0.2) is 32.4 Å². The lowest BCUT2D eigenvalue weighted by molar-refractivity contribution is -0.146. The van der Waals surface area contributed by atoms with Gasteiger partial charge in [-0.2, -0.15) is 0 Å². The quantitative estimate of drug-likeness (QED) is 0.738. The number of aryl methyl sites for hydroxylation is 1. The molecule has 0 atom stereocenters. The van der Waals surface area contributed by atoms with Gasteiger partial charge in [0.25, 0.3) is 0 Å². The zero-order valence-corrected chi connectivity index (χ0v) is 9.90. The van der Waals surface area contributed by atoms with Crippen molar-refractivity contribution in [3.63, 3.8) is 0 Å². The van der Waals surface area contributed by atoms with Crippen molar-refractivity contribution >= 4 is 5.97 Å². The molecule has 0 fully saturated rings. The third-order valence-electron chi connectivity index (χ3n) is 2.47. The van der Waals surface area contributed by atoms with Crippen LogP contribution in [0.25, 0.3) is 0 Å². The molecular weight excluding hydrogens is 208 g/mol. The largest absolute Gasteiger partial charge is 0.481 e. The number of nitrogens with zero attached hydrogens (tertiary/aromatic N) is 3. The van der Waals surface area contributed by atoms with Crippen molar-refractivity contribution in [2.45, 2.75) is 33.9 Å². The number of hydrogen-bond donors (Lipinski definition) is 2. The summed E-state index contributed by atoms with van der Waals surface area (Å²) >= 11 is 0. The highest BCUT2D eigenvalue weighted by atomic mass is 16.4. The van der Waals surface area contributed by atoms with Gasteiger partial charge < -0.3 is 15.0 Å². The van der Waals surface area contributed by atoms with Crippen molar-refractivity contribution < 1.29 is 9.90 Å². The smallest absolute Gasteiger partial charge is 0.310 e. The Bertz CT molecular complexity index is 359. The second-order valence-corrected chi connectivity index (χ2v) is 4.33. The van der Waals surface area contributed by atoms with Gasteiger partial charge in [-0.3, -0.25) is 4.79 Å². The molecule has 1 aromatic rings. The minimum absolute atomic E-state index is 0.402. The molecule has 0 aromatic carbocycles. The van der Waals surface area contributed by atoms with Crippen molar-refractivity contribution in [2.24, 2.45) is 5.41 Å². The average molecular weight is 226 g/mol. The highest BCUT2D eigenvalue weighted by Crippen LogP contribution is 2.13. The molecule has 16 heavy (non-hydrogen) atoms. The van der Waals surface area contributed by atoms with Crippen LogP contribution in [0.4, 0.5) is 0 Å². The van der Waals surface area contributed by atoms with Crippen LogP contribution in [0.3, 0.4) is 0 Å². The molecule has 90 valence electrons. The predicted octanol–water partition coefficient (Wildman–Crippen LogP) is 0.498. The van der Waals surface area contributed by atoms with Crippen LogP contribution in [0.15, 0.2) is 6.33 Å². The number of carbonyl (C=O) groups is 1. The first-order valence-corrected chi connectivity index (χ1v) is 5.28. The molecule has 0 spiro atoms. The Morgan fingerprint density at radius 1 is 1.62 bits per heavy atom. The topological polar surface area (TPSA) is 80.0 Å². The predicted molar refractivity (Wildman–Crippen MR) is 58.8 cm³/mol. The van der Waals surface area contributed by atoms with Gasteiger partial charge >= 0.3 is 5.97 Å². The summed E-state index contributed by atoms with van der Waals surface area (Å²) in [4.78, 5) is 10.9. The van der Waals surface area contributed by atoms with E-state index in [0.29, 0.717) is 13.1 Å². The van der Waals surface area contributed by atoms with Crippen molar-refractivity contribution in [3.05, 3.63) is 12.2 Å². The second kappa shape index (κ2) is 5.07. The number of carboxylic acid groups (broad SMARTS) is 1. The van der Waals surface area contributed by atoms with Crippen LogP contribution in [0.1, 0.15) is 26.6 Å². The standard InChI is InChI=1S/C10H18N4O2/c1-4-14-7-12-13-8(14)5-11-6-10(2,3)9(15)16/h7,11H,4-6H2,1-3H3,(H,15,16). The van der Waals surface area contributed by atoms with Gasteiger partial charge in [-0.15, -0.1) is 10.2 Å². The van der Waals surface area contributed by atoms with Gasteiger partial charge in [0.05, 0.1) is 12.0 Å². The van der Waals surface area contributed by atoms with Gasteiger partial charge in [0.2, 0.25) is 0 Å².